The molecular weight excluding hydrogens is 449 g/mol. The van der Waals surface area contributed by atoms with E-state index in [2.05, 4.69) is 15.4 Å². The van der Waals surface area contributed by atoms with E-state index in [1.807, 2.05) is 13.0 Å². The van der Waals surface area contributed by atoms with Gasteiger partial charge in [-0.2, -0.15) is 10.4 Å². The lowest BCUT2D eigenvalue weighted by atomic mass is 10.1. The summed E-state index contributed by atoms with van der Waals surface area (Å²) in [5, 5.41) is 16.4. The van der Waals surface area contributed by atoms with Crippen molar-refractivity contribution in [1.82, 2.24) is 20.1 Å². The van der Waals surface area contributed by atoms with Crippen LogP contribution in [-0.4, -0.2) is 20.7 Å². The molecule has 0 aliphatic heterocycles. The molecule has 0 aliphatic carbocycles. The summed E-state index contributed by atoms with van der Waals surface area (Å²) in [5.74, 6) is -0.702. The van der Waals surface area contributed by atoms with Gasteiger partial charge in [0.1, 0.15) is 16.8 Å². The molecule has 0 saturated heterocycles. The maximum atomic E-state index is 14.7. The van der Waals surface area contributed by atoms with Gasteiger partial charge in [0.05, 0.1) is 33.7 Å². The number of hydrogen-bond donors (Lipinski definition) is 1. The minimum absolute atomic E-state index is 0.0695. The molecule has 0 radical (unpaired) electrons. The number of carbonyl (C=O) groups is 1. The zero-order valence-electron chi connectivity index (χ0n) is 17.0. The number of nitrogens with one attached hydrogen (secondary N) is 1. The number of halogens is 2. The van der Waals surface area contributed by atoms with Crippen LogP contribution < -0.4 is 5.32 Å². The van der Waals surface area contributed by atoms with Gasteiger partial charge in [-0.15, -0.1) is 11.3 Å². The molecule has 2 heterocycles. The monoisotopic (exact) mass is 465 g/mol. The van der Waals surface area contributed by atoms with E-state index in [1.165, 1.54) is 17.4 Å². The zero-order valence-corrected chi connectivity index (χ0v) is 18.5. The molecule has 1 amide bonds. The van der Waals surface area contributed by atoms with Gasteiger partial charge in [0.25, 0.3) is 5.91 Å². The summed E-state index contributed by atoms with van der Waals surface area (Å²) in [6.07, 6.45) is 4.06. The highest BCUT2D eigenvalue weighted by Gasteiger charge is 2.14. The number of rotatable bonds is 6. The molecule has 0 fully saturated rings. The number of benzene rings is 2. The zero-order chi connectivity index (χ0) is 22.7. The lowest BCUT2D eigenvalue weighted by Crippen LogP contribution is -2.23. The van der Waals surface area contributed by atoms with Crippen molar-refractivity contribution in [2.24, 2.45) is 0 Å². The smallest absolute Gasteiger partial charge is 0.263 e. The van der Waals surface area contributed by atoms with E-state index in [0.717, 1.165) is 16.8 Å². The first-order valence-electron chi connectivity index (χ1n) is 9.74. The van der Waals surface area contributed by atoms with E-state index in [4.69, 9.17) is 16.9 Å². The summed E-state index contributed by atoms with van der Waals surface area (Å²) in [4.78, 5) is 17.1. The Labute approximate surface area is 192 Å². The Hall–Kier alpha value is -3.54. The predicted molar refractivity (Wildman–Crippen MR) is 121 cm³/mol. The van der Waals surface area contributed by atoms with Gasteiger partial charge in [-0.3, -0.25) is 4.79 Å². The van der Waals surface area contributed by atoms with Crippen LogP contribution >= 0.6 is 22.9 Å². The topological polar surface area (TPSA) is 83.6 Å². The lowest BCUT2D eigenvalue weighted by Gasteiger charge is -2.08. The summed E-state index contributed by atoms with van der Waals surface area (Å²) in [7, 11) is 0. The van der Waals surface area contributed by atoms with Crippen LogP contribution in [0.3, 0.4) is 0 Å². The van der Waals surface area contributed by atoms with Crippen molar-refractivity contribution in [3.8, 4) is 22.9 Å². The molecule has 0 spiro atoms. The van der Waals surface area contributed by atoms with E-state index < -0.39 is 5.82 Å². The van der Waals surface area contributed by atoms with Gasteiger partial charge in [0.2, 0.25) is 0 Å². The van der Waals surface area contributed by atoms with Gasteiger partial charge in [-0.25, -0.2) is 14.1 Å². The normalized spacial score (nSPS) is 10.7. The molecule has 0 unspecified atom stereocenters. The van der Waals surface area contributed by atoms with E-state index in [9.17, 15) is 9.18 Å². The Kier molecular flexibility index (Phi) is 6.30. The number of thiazole rings is 1. The Morgan fingerprint density at radius 1 is 1.28 bits per heavy atom. The highest BCUT2D eigenvalue weighted by molar-refractivity contribution is 7.11. The molecule has 0 atom stereocenters. The SMILES string of the molecule is CCc1ncsc1C(=O)NCc1ccc(-n2cc(-c3ccc(C#N)c(Cl)c3)cn2)cc1F. The first-order valence-corrected chi connectivity index (χ1v) is 11.0. The number of carbonyl (C=O) groups excluding carboxylic acids is 1. The van der Waals surface area contributed by atoms with Crippen molar-refractivity contribution in [3.63, 3.8) is 0 Å². The van der Waals surface area contributed by atoms with Crippen LogP contribution in [0.5, 0.6) is 0 Å². The van der Waals surface area contributed by atoms with Crippen LogP contribution in [0.15, 0.2) is 54.3 Å². The first kappa shape index (κ1) is 21.7. The molecule has 4 rings (SSSR count). The standard InChI is InChI=1S/C23H17ClFN5OS/c1-2-21-22(32-13-28-21)23(31)27-10-16-5-6-18(8-20(16)25)30-12-17(11-29-30)14-3-4-15(9-26)19(24)7-14/h3-8,11-13H,2,10H2,1H3,(H,27,31). The van der Waals surface area contributed by atoms with Gasteiger partial charge < -0.3 is 5.32 Å². The van der Waals surface area contributed by atoms with Crippen LogP contribution in [0.4, 0.5) is 4.39 Å². The van der Waals surface area contributed by atoms with Crippen molar-refractivity contribution < 1.29 is 9.18 Å². The molecular formula is C23H17ClFN5OS. The second kappa shape index (κ2) is 9.30. The summed E-state index contributed by atoms with van der Waals surface area (Å²) in [5.41, 5.74) is 5.26. The van der Waals surface area contributed by atoms with Crippen LogP contribution in [0.1, 0.15) is 33.4 Å². The van der Waals surface area contributed by atoms with Gasteiger partial charge >= 0.3 is 0 Å². The van der Waals surface area contributed by atoms with E-state index in [0.29, 0.717) is 33.1 Å². The highest BCUT2D eigenvalue weighted by Crippen LogP contribution is 2.26. The molecule has 9 heteroatoms. The maximum absolute atomic E-state index is 14.7. The molecule has 4 aromatic rings. The maximum Gasteiger partial charge on any atom is 0.263 e. The molecule has 32 heavy (non-hydrogen) atoms. The molecule has 1 N–H and O–H groups in total. The third-order valence-electron chi connectivity index (χ3n) is 4.93. The summed E-state index contributed by atoms with van der Waals surface area (Å²) in [6, 6.07) is 11.9. The fraction of sp³-hybridized carbons (Fsp3) is 0.130. The first-order chi connectivity index (χ1) is 15.5. The van der Waals surface area contributed by atoms with Crippen LogP contribution in [0, 0.1) is 17.1 Å². The average molecular weight is 466 g/mol. The van der Waals surface area contributed by atoms with Crippen molar-refractivity contribution in [2.45, 2.75) is 19.9 Å². The van der Waals surface area contributed by atoms with E-state index in [1.54, 1.807) is 52.9 Å². The molecule has 160 valence electrons. The summed E-state index contributed by atoms with van der Waals surface area (Å²) < 4.78 is 16.2. The molecule has 0 bridgehead atoms. The second-order valence-electron chi connectivity index (χ2n) is 6.92. The van der Waals surface area contributed by atoms with Crippen LogP contribution in [0.2, 0.25) is 5.02 Å². The van der Waals surface area contributed by atoms with E-state index in [-0.39, 0.29) is 12.5 Å². The largest absolute Gasteiger partial charge is 0.347 e. The van der Waals surface area contributed by atoms with Crippen LogP contribution in [-0.2, 0) is 13.0 Å². The molecule has 2 aromatic heterocycles. The number of nitrogens with zero attached hydrogens (tertiary/aromatic N) is 4. The Morgan fingerprint density at radius 2 is 2.12 bits per heavy atom. The number of nitriles is 1. The average Bonchev–Trinajstić information content (AvgIpc) is 3.48. The third kappa shape index (κ3) is 4.40. The minimum atomic E-state index is -0.443. The predicted octanol–water partition coefficient (Wildman–Crippen LogP) is 5.15. The Morgan fingerprint density at radius 3 is 2.84 bits per heavy atom. The fourth-order valence-corrected chi connectivity index (χ4v) is 4.20. The van der Waals surface area contributed by atoms with Crippen LogP contribution in [0.25, 0.3) is 16.8 Å². The lowest BCUT2D eigenvalue weighted by molar-refractivity contribution is 0.0953. The molecule has 0 saturated carbocycles. The molecule has 2 aromatic carbocycles. The highest BCUT2D eigenvalue weighted by atomic mass is 35.5. The minimum Gasteiger partial charge on any atom is -0.347 e. The second-order valence-corrected chi connectivity index (χ2v) is 8.18. The van der Waals surface area contributed by atoms with Gasteiger partial charge in [-0.05, 0) is 36.2 Å². The number of aromatic nitrogens is 3. The van der Waals surface area contributed by atoms with Gasteiger partial charge in [0.15, 0.2) is 0 Å². The Bertz CT molecular complexity index is 1340. The summed E-state index contributed by atoms with van der Waals surface area (Å²) in [6.45, 7) is 2.00. The van der Waals surface area contributed by atoms with Crippen molar-refractivity contribution in [3.05, 3.63) is 86.8 Å². The fourth-order valence-electron chi connectivity index (χ4n) is 3.18. The van der Waals surface area contributed by atoms with Gasteiger partial charge in [0, 0.05) is 23.9 Å². The number of hydrogen-bond acceptors (Lipinski definition) is 5. The van der Waals surface area contributed by atoms with Gasteiger partial charge in [-0.1, -0.05) is 30.7 Å². The quantitative estimate of drug-likeness (QED) is 0.426. The van der Waals surface area contributed by atoms with Crippen molar-refractivity contribution in [1.29, 1.82) is 5.26 Å². The third-order valence-corrected chi connectivity index (χ3v) is 6.11. The van der Waals surface area contributed by atoms with Crippen molar-refractivity contribution in [2.75, 3.05) is 0 Å². The Balaban J connectivity index is 1.48. The van der Waals surface area contributed by atoms with E-state index >= 15 is 0 Å². The number of aryl methyl sites for hydroxylation is 1. The number of amides is 1. The summed E-state index contributed by atoms with van der Waals surface area (Å²) >= 11 is 7.38. The molecule has 0 aliphatic rings. The van der Waals surface area contributed by atoms with Crippen molar-refractivity contribution >= 4 is 28.8 Å². The molecule has 6 nitrogen and oxygen atoms in total.